The number of ether oxygens (including phenoxy) is 1. The molecule has 1 amide bonds. The first-order chi connectivity index (χ1) is 8.61. The molecule has 0 spiro atoms. The second-order valence-electron chi connectivity index (χ2n) is 4.62. The van der Waals surface area contributed by atoms with Crippen molar-refractivity contribution < 1.29 is 9.53 Å². The average Bonchev–Trinajstić information content (AvgIpc) is 2.78. The maximum Gasteiger partial charge on any atom is 0.250 e. The van der Waals surface area contributed by atoms with E-state index in [1.54, 1.807) is 19.2 Å². The van der Waals surface area contributed by atoms with E-state index in [1.165, 1.54) is 0 Å². The number of nitrogen functional groups attached to an aromatic ring is 1. The highest BCUT2D eigenvalue weighted by Gasteiger charge is 2.26. The van der Waals surface area contributed by atoms with Gasteiger partial charge in [0.2, 0.25) is 0 Å². The molecule has 5 N–H and O–H groups in total. The lowest BCUT2D eigenvalue weighted by Crippen LogP contribution is -2.29. The third-order valence-electron chi connectivity index (χ3n) is 3.43. The highest BCUT2D eigenvalue weighted by molar-refractivity contribution is 5.98. The molecule has 1 aliphatic carbocycles. The van der Waals surface area contributed by atoms with Crippen LogP contribution in [-0.4, -0.2) is 25.2 Å². The second-order valence-corrected chi connectivity index (χ2v) is 4.62. The molecule has 0 aromatic heterocycles. The summed E-state index contributed by atoms with van der Waals surface area (Å²) < 4.78 is 5.42. The van der Waals surface area contributed by atoms with Gasteiger partial charge in [0.15, 0.2) is 0 Å². The summed E-state index contributed by atoms with van der Waals surface area (Å²) in [4.78, 5) is 11.2. The molecule has 18 heavy (non-hydrogen) atoms. The molecule has 0 saturated heterocycles. The van der Waals surface area contributed by atoms with E-state index in [9.17, 15) is 4.79 Å². The molecule has 1 aromatic carbocycles. The molecule has 5 heteroatoms. The fourth-order valence-corrected chi connectivity index (χ4v) is 2.45. The Morgan fingerprint density at radius 2 is 2.22 bits per heavy atom. The number of nitrogens with one attached hydrogen (secondary N) is 1. The highest BCUT2D eigenvalue weighted by atomic mass is 16.5. The van der Waals surface area contributed by atoms with Gasteiger partial charge in [0.25, 0.3) is 5.91 Å². The van der Waals surface area contributed by atoms with Gasteiger partial charge in [-0.05, 0) is 37.5 Å². The van der Waals surface area contributed by atoms with Gasteiger partial charge < -0.3 is 21.5 Å². The Labute approximate surface area is 106 Å². The minimum absolute atomic E-state index is 0.222. The fourth-order valence-electron chi connectivity index (χ4n) is 2.45. The molecule has 0 radical (unpaired) electrons. The molecule has 1 aromatic rings. The summed E-state index contributed by atoms with van der Waals surface area (Å²) in [5.41, 5.74) is 12.6. The summed E-state index contributed by atoms with van der Waals surface area (Å²) >= 11 is 0. The molecule has 0 bridgehead atoms. The molecule has 2 atom stereocenters. The predicted octanol–water partition coefficient (Wildman–Crippen LogP) is 1.35. The quantitative estimate of drug-likeness (QED) is 0.702. The van der Waals surface area contributed by atoms with E-state index in [2.05, 4.69) is 5.32 Å². The maximum atomic E-state index is 11.2. The van der Waals surface area contributed by atoms with Gasteiger partial charge in [-0.2, -0.15) is 0 Å². The van der Waals surface area contributed by atoms with Crippen LogP contribution in [0.25, 0.3) is 0 Å². The normalized spacial score (nSPS) is 22.9. The van der Waals surface area contributed by atoms with Crippen molar-refractivity contribution in [3.8, 4) is 0 Å². The van der Waals surface area contributed by atoms with Crippen LogP contribution in [0.1, 0.15) is 29.6 Å². The molecular weight excluding hydrogens is 230 g/mol. The number of hydrogen-bond donors (Lipinski definition) is 3. The molecule has 2 rings (SSSR count). The fraction of sp³-hybridized carbons (Fsp3) is 0.462. The number of carbonyl (C=O) groups is 1. The number of benzene rings is 1. The van der Waals surface area contributed by atoms with Crippen LogP contribution < -0.4 is 16.8 Å². The topological polar surface area (TPSA) is 90.4 Å². The molecule has 1 fully saturated rings. The Morgan fingerprint density at radius 3 is 2.89 bits per heavy atom. The minimum atomic E-state index is -0.508. The molecule has 1 aliphatic rings. The lowest BCUT2D eigenvalue weighted by Gasteiger charge is -2.21. The first-order valence-electron chi connectivity index (χ1n) is 6.10. The lowest BCUT2D eigenvalue weighted by molar-refractivity contribution is 0.100. The van der Waals surface area contributed by atoms with Crippen molar-refractivity contribution in [1.82, 2.24) is 0 Å². The van der Waals surface area contributed by atoms with Gasteiger partial charge >= 0.3 is 0 Å². The molecular formula is C13H19N3O2. The van der Waals surface area contributed by atoms with E-state index < -0.39 is 5.91 Å². The second kappa shape index (κ2) is 5.27. The number of methoxy groups -OCH3 is 1. The summed E-state index contributed by atoms with van der Waals surface area (Å²) in [6, 6.07) is 5.52. The highest BCUT2D eigenvalue weighted by Crippen LogP contribution is 2.26. The first-order valence-corrected chi connectivity index (χ1v) is 6.10. The van der Waals surface area contributed by atoms with Crippen LogP contribution in [-0.2, 0) is 4.74 Å². The third-order valence-corrected chi connectivity index (χ3v) is 3.43. The van der Waals surface area contributed by atoms with Gasteiger partial charge in [0, 0.05) is 18.5 Å². The van der Waals surface area contributed by atoms with Crippen molar-refractivity contribution in [3.63, 3.8) is 0 Å². The Morgan fingerprint density at radius 1 is 1.44 bits per heavy atom. The van der Waals surface area contributed by atoms with Crippen LogP contribution in [0.3, 0.4) is 0 Å². The van der Waals surface area contributed by atoms with E-state index in [0.29, 0.717) is 11.3 Å². The molecule has 0 heterocycles. The number of primary amides is 1. The summed E-state index contributed by atoms with van der Waals surface area (Å²) in [5.74, 6) is -0.508. The zero-order chi connectivity index (χ0) is 13.1. The molecule has 98 valence electrons. The van der Waals surface area contributed by atoms with Crippen molar-refractivity contribution in [3.05, 3.63) is 23.8 Å². The van der Waals surface area contributed by atoms with Gasteiger partial charge in [0.1, 0.15) is 0 Å². The zero-order valence-electron chi connectivity index (χ0n) is 10.5. The van der Waals surface area contributed by atoms with Crippen LogP contribution >= 0.6 is 0 Å². The van der Waals surface area contributed by atoms with Crippen molar-refractivity contribution >= 4 is 17.3 Å². The summed E-state index contributed by atoms with van der Waals surface area (Å²) in [6.07, 6.45) is 3.49. The van der Waals surface area contributed by atoms with E-state index in [4.69, 9.17) is 16.2 Å². The standard InChI is InChI=1S/C13H19N3O2/c1-18-12-4-2-3-11(12)16-8-5-6-10(14)9(7-8)13(15)17/h5-7,11-12,16H,2-4,14H2,1H3,(H2,15,17). The maximum absolute atomic E-state index is 11.2. The molecule has 5 nitrogen and oxygen atoms in total. The third kappa shape index (κ3) is 2.56. The van der Waals surface area contributed by atoms with Crippen molar-refractivity contribution in [1.29, 1.82) is 0 Å². The Bertz CT molecular complexity index is 448. The van der Waals surface area contributed by atoms with Gasteiger partial charge in [-0.25, -0.2) is 0 Å². The molecule has 2 unspecified atom stereocenters. The van der Waals surface area contributed by atoms with Gasteiger partial charge in [-0.1, -0.05) is 0 Å². The van der Waals surface area contributed by atoms with E-state index >= 15 is 0 Å². The number of anilines is 2. The Balaban J connectivity index is 2.14. The Kier molecular flexibility index (Phi) is 3.72. The number of hydrogen-bond acceptors (Lipinski definition) is 4. The predicted molar refractivity (Wildman–Crippen MR) is 71.4 cm³/mol. The summed E-state index contributed by atoms with van der Waals surface area (Å²) in [6.45, 7) is 0. The molecule has 0 aliphatic heterocycles. The molecule has 1 saturated carbocycles. The lowest BCUT2D eigenvalue weighted by atomic mass is 10.1. The van der Waals surface area contributed by atoms with Crippen LogP contribution in [0.15, 0.2) is 18.2 Å². The van der Waals surface area contributed by atoms with Gasteiger partial charge in [-0.3, -0.25) is 4.79 Å². The SMILES string of the molecule is COC1CCCC1Nc1ccc(N)c(C(N)=O)c1. The monoisotopic (exact) mass is 249 g/mol. The van der Waals surface area contributed by atoms with Crippen LogP contribution in [0.4, 0.5) is 11.4 Å². The minimum Gasteiger partial charge on any atom is -0.398 e. The van der Waals surface area contributed by atoms with Crippen molar-refractivity contribution in [2.24, 2.45) is 5.73 Å². The van der Waals surface area contributed by atoms with Crippen molar-refractivity contribution in [2.45, 2.75) is 31.4 Å². The smallest absolute Gasteiger partial charge is 0.250 e. The van der Waals surface area contributed by atoms with E-state index in [1.807, 2.05) is 6.07 Å². The average molecular weight is 249 g/mol. The number of amides is 1. The van der Waals surface area contributed by atoms with Gasteiger partial charge in [0.05, 0.1) is 17.7 Å². The van der Waals surface area contributed by atoms with Crippen LogP contribution in [0.2, 0.25) is 0 Å². The van der Waals surface area contributed by atoms with E-state index in [0.717, 1.165) is 24.9 Å². The largest absolute Gasteiger partial charge is 0.398 e. The van der Waals surface area contributed by atoms with E-state index in [-0.39, 0.29) is 12.1 Å². The Hall–Kier alpha value is -1.75. The first kappa shape index (κ1) is 12.7. The number of nitrogens with two attached hydrogens (primary N) is 2. The van der Waals surface area contributed by atoms with Crippen LogP contribution in [0.5, 0.6) is 0 Å². The van der Waals surface area contributed by atoms with Crippen molar-refractivity contribution in [2.75, 3.05) is 18.2 Å². The summed E-state index contributed by atoms with van der Waals surface area (Å²) in [7, 11) is 1.72. The van der Waals surface area contributed by atoms with Crippen LogP contribution in [0, 0.1) is 0 Å². The van der Waals surface area contributed by atoms with Gasteiger partial charge in [-0.15, -0.1) is 0 Å². The zero-order valence-corrected chi connectivity index (χ0v) is 10.5. The number of rotatable bonds is 4. The summed E-state index contributed by atoms with van der Waals surface area (Å²) in [5, 5.41) is 3.38. The number of carbonyl (C=O) groups excluding carboxylic acids is 1.